The summed E-state index contributed by atoms with van der Waals surface area (Å²) in [6, 6.07) is 7.05. The second-order valence-corrected chi connectivity index (χ2v) is 6.02. The Bertz CT molecular complexity index is 837. The van der Waals surface area contributed by atoms with Crippen LogP contribution in [0.25, 0.3) is 0 Å². The number of benzene rings is 1. The van der Waals surface area contributed by atoms with Gasteiger partial charge in [-0.2, -0.15) is 0 Å². The lowest BCUT2D eigenvalue weighted by Crippen LogP contribution is -2.32. The van der Waals surface area contributed by atoms with Crippen LogP contribution in [0.2, 0.25) is 0 Å². The number of nitrogens with one attached hydrogen (secondary N) is 3. The molecule has 0 spiro atoms. The maximum absolute atomic E-state index is 12.0. The number of hydrogen-bond acceptors (Lipinski definition) is 5. The zero-order valence-corrected chi connectivity index (χ0v) is 11.7. The van der Waals surface area contributed by atoms with Crippen LogP contribution in [0, 0.1) is 0 Å². The number of aromatic nitrogens is 2. The van der Waals surface area contributed by atoms with Crippen molar-refractivity contribution in [3.05, 3.63) is 62.4 Å². The highest BCUT2D eigenvalue weighted by Crippen LogP contribution is 2.05. The van der Waals surface area contributed by atoms with Gasteiger partial charge in [-0.3, -0.25) is 9.78 Å². The standard InChI is InChI=1S/C12H14N4O4S/c13-5-8-1-3-9(4-2-8)6-15-21(19,20)10-7-14-12(18)16-11(10)17/h1-4,7,15H,5-6,13H2,(H2,14,16,17,18). The maximum atomic E-state index is 12.0. The first-order chi connectivity index (χ1) is 9.92. The fraction of sp³-hybridized carbons (Fsp3) is 0.167. The smallest absolute Gasteiger partial charge is 0.325 e. The summed E-state index contributed by atoms with van der Waals surface area (Å²) < 4.78 is 26.3. The number of H-pyrrole nitrogens is 2. The Hall–Kier alpha value is -2.23. The van der Waals surface area contributed by atoms with E-state index in [1.54, 1.807) is 24.3 Å². The van der Waals surface area contributed by atoms with E-state index in [0.29, 0.717) is 6.54 Å². The first-order valence-corrected chi connectivity index (χ1v) is 7.50. The molecule has 9 heteroatoms. The number of hydrogen-bond donors (Lipinski definition) is 4. The normalized spacial score (nSPS) is 11.5. The second kappa shape index (κ2) is 6.04. The molecule has 0 atom stereocenters. The molecule has 8 nitrogen and oxygen atoms in total. The Morgan fingerprint density at radius 3 is 2.29 bits per heavy atom. The first-order valence-electron chi connectivity index (χ1n) is 6.02. The summed E-state index contributed by atoms with van der Waals surface area (Å²) in [6.07, 6.45) is 0.862. The third-order valence-electron chi connectivity index (χ3n) is 2.80. The van der Waals surface area contributed by atoms with Gasteiger partial charge >= 0.3 is 5.69 Å². The van der Waals surface area contributed by atoms with Gasteiger partial charge in [0.05, 0.1) is 0 Å². The lowest BCUT2D eigenvalue weighted by Gasteiger charge is -2.06. The van der Waals surface area contributed by atoms with E-state index in [4.69, 9.17) is 5.73 Å². The summed E-state index contributed by atoms with van der Waals surface area (Å²) in [6.45, 7) is 0.421. The summed E-state index contributed by atoms with van der Waals surface area (Å²) >= 11 is 0. The summed E-state index contributed by atoms with van der Waals surface area (Å²) in [5.41, 5.74) is 5.38. The molecule has 0 saturated heterocycles. The van der Waals surface area contributed by atoms with Gasteiger partial charge in [0, 0.05) is 19.3 Å². The molecule has 0 aliphatic heterocycles. The highest BCUT2D eigenvalue weighted by atomic mass is 32.2. The molecule has 0 radical (unpaired) electrons. The third kappa shape index (κ3) is 3.66. The molecule has 112 valence electrons. The van der Waals surface area contributed by atoms with Gasteiger partial charge in [-0.25, -0.2) is 17.9 Å². The number of rotatable bonds is 5. The van der Waals surface area contributed by atoms with Crippen molar-refractivity contribution >= 4 is 10.0 Å². The van der Waals surface area contributed by atoms with Crippen molar-refractivity contribution in [3.8, 4) is 0 Å². The Morgan fingerprint density at radius 1 is 1.10 bits per heavy atom. The fourth-order valence-corrected chi connectivity index (χ4v) is 2.67. The average molecular weight is 310 g/mol. The number of aromatic amines is 2. The van der Waals surface area contributed by atoms with Crippen LogP contribution in [0.4, 0.5) is 0 Å². The number of nitrogens with two attached hydrogens (primary N) is 1. The van der Waals surface area contributed by atoms with Crippen LogP contribution in [0.3, 0.4) is 0 Å². The minimum atomic E-state index is -4.01. The molecule has 0 bridgehead atoms. The van der Waals surface area contributed by atoms with Gasteiger partial charge < -0.3 is 10.7 Å². The monoisotopic (exact) mass is 310 g/mol. The van der Waals surface area contributed by atoms with Gasteiger partial charge in [-0.05, 0) is 11.1 Å². The Labute approximate surface area is 120 Å². The molecule has 5 N–H and O–H groups in total. The Morgan fingerprint density at radius 2 is 1.71 bits per heavy atom. The van der Waals surface area contributed by atoms with Gasteiger partial charge in [-0.1, -0.05) is 24.3 Å². The van der Waals surface area contributed by atoms with Crippen molar-refractivity contribution in [1.29, 1.82) is 0 Å². The van der Waals surface area contributed by atoms with Crippen molar-refractivity contribution in [1.82, 2.24) is 14.7 Å². The fourth-order valence-electron chi connectivity index (χ4n) is 1.65. The summed E-state index contributed by atoms with van der Waals surface area (Å²) in [4.78, 5) is 25.8. The van der Waals surface area contributed by atoms with Gasteiger partial charge in [0.15, 0.2) is 4.90 Å². The molecule has 0 amide bonds. The van der Waals surface area contributed by atoms with Crippen molar-refractivity contribution in [3.63, 3.8) is 0 Å². The summed E-state index contributed by atoms with van der Waals surface area (Å²) in [5, 5.41) is 0. The SMILES string of the molecule is NCc1ccc(CNS(=O)(=O)c2c[nH]c(=O)[nH]c2=O)cc1. The third-order valence-corrected chi connectivity index (χ3v) is 4.21. The molecule has 0 unspecified atom stereocenters. The molecule has 2 aromatic rings. The molecule has 1 heterocycles. The highest BCUT2D eigenvalue weighted by Gasteiger charge is 2.18. The molecule has 21 heavy (non-hydrogen) atoms. The van der Waals surface area contributed by atoms with E-state index in [0.717, 1.165) is 17.3 Å². The van der Waals surface area contributed by atoms with E-state index >= 15 is 0 Å². The summed E-state index contributed by atoms with van der Waals surface area (Å²) in [7, 11) is -4.01. The van der Waals surface area contributed by atoms with Crippen LogP contribution in [0.1, 0.15) is 11.1 Å². The van der Waals surface area contributed by atoms with E-state index < -0.39 is 26.2 Å². The van der Waals surface area contributed by atoms with E-state index in [1.807, 2.05) is 4.98 Å². The Balaban J connectivity index is 2.17. The van der Waals surface area contributed by atoms with Crippen molar-refractivity contribution in [2.24, 2.45) is 5.73 Å². The first kappa shape index (κ1) is 15.2. The minimum Gasteiger partial charge on any atom is -0.326 e. The van der Waals surface area contributed by atoms with Crippen molar-refractivity contribution in [2.45, 2.75) is 18.0 Å². The molecule has 0 saturated carbocycles. The minimum absolute atomic E-state index is 0.0196. The molecule has 2 rings (SSSR count). The van der Waals surface area contributed by atoms with Gasteiger partial charge in [0.1, 0.15) is 0 Å². The van der Waals surface area contributed by atoms with Crippen LogP contribution in [-0.4, -0.2) is 18.4 Å². The van der Waals surface area contributed by atoms with Crippen molar-refractivity contribution in [2.75, 3.05) is 0 Å². The largest absolute Gasteiger partial charge is 0.326 e. The number of sulfonamides is 1. The highest BCUT2D eigenvalue weighted by molar-refractivity contribution is 7.89. The van der Waals surface area contributed by atoms with E-state index in [-0.39, 0.29) is 6.54 Å². The predicted octanol–water partition coefficient (Wildman–Crippen LogP) is -1.000. The second-order valence-electron chi connectivity index (χ2n) is 4.28. The Kier molecular flexibility index (Phi) is 4.36. The van der Waals surface area contributed by atoms with Crippen LogP contribution in [0.15, 0.2) is 44.9 Å². The average Bonchev–Trinajstić information content (AvgIpc) is 2.45. The predicted molar refractivity (Wildman–Crippen MR) is 76.0 cm³/mol. The van der Waals surface area contributed by atoms with Gasteiger partial charge in [-0.15, -0.1) is 0 Å². The van der Waals surface area contributed by atoms with E-state index in [2.05, 4.69) is 9.71 Å². The molecule has 0 aliphatic carbocycles. The van der Waals surface area contributed by atoms with Crippen molar-refractivity contribution < 1.29 is 8.42 Å². The van der Waals surface area contributed by atoms with Crippen LogP contribution >= 0.6 is 0 Å². The molecule has 0 aliphatic rings. The topological polar surface area (TPSA) is 138 Å². The summed E-state index contributed by atoms with van der Waals surface area (Å²) in [5.74, 6) is 0. The van der Waals surface area contributed by atoms with Crippen LogP contribution in [0.5, 0.6) is 0 Å². The lowest BCUT2D eigenvalue weighted by molar-refractivity contribution is 0.579. The zero-order valence-electron chi connectivity index (χ0n) is 10.9. The van der Waals surface area contributed by atoms with E-state index in [9.17, 15) is 18.0 Å². The zero-order chi connectivity index (χ0) is 15.5. The van der Waals surface area contributed by atoms with E-state index in [1.165, 1.54) is 0 Å². The molecular formula is C12H14N4O4S. The van der Waals surface area contributed by atoms with Gasteiger partial charge in [0.25, 0.3) is 5.56 Å². The maximum Gasteiger partial charge on any atom is 0.325 e. The van der Waals surface area contributed by atoms with Crippen LogP contribution < -0.4 is 21.7 Å². The molecule has 1 aromatic carbocycles. The molecular weight excluding hydrogens is 296 g/mol. The molecule has 0 fully saturated rings. The molecule has 1 aromatic heterocycles. The van der Waals surface area contributed by atoms with Crippen LogP contribution in [-0.2, 0) is 23.1 Å². The quantitative estimate of drug-likeness (QED) is 0.561. The van der Waals surface area contributed by atoms with Gasteiger partial charge in [0.2, 0.25) is 10.0 Å². The lowest BCUT2D eigenvalue weighted by atomic mass is 10.1.